The van der Waals surface area contributed by atoms with Crippen molar-refractivity contribution in [2.24, 2.45) is 16.8 Å². The average molecular weight is 609 g/mol. The molecule has 2 atom stereocenters. The molecule has 6 nitrogen and oxygen atoms in total. The molecule has 2 aliphatic heterocycles. The van der Waals surface area contributed by atoms with Crippen molar-refractivity contribution in [1.29, 1.82) is 0 Å². The Kier molecular flexibility index (Phi) is 9.34. The number of hydrogen-bond donors (Lipinski definition) is 0. The Morgan fingerprint density at radius 1 is 0.881 bits per heavy atom. The van der Waals surface area contributed by atoms with Crippen LogP contribution in [0.1, 0.15) is 69.3 Å². The van der Waals surface area contributed by atoms with Crippen LogP contribution in [0.15, 0.2) is 71.7 Å². The van der Waals surface area contributed by atoms with E-state index in [0.717, 1.165) is 29.5 Å². The molecular formula is C34H39Cl2N3O3. The molecular weight excluding hydrogens is 569 g/mol. The first kappa shape index (κ1) is 30.2. The number of likely N-dealkylation sites (tertiary alicyclic amines) is 1. The number of carbonyl (C=O) groups excluding carboxylic acids is 1. The third kappa shape index (κ3) is 6.40. The first-order valence-corrected chi connectivity index (χ1v) is 15.4. The van der Waals surface area contributed by atoms with E-state index in [4.69, 9.17) is 37.7 Å². The number of urea groups is 1. The molecule has 0 bridgehead atoms. The van der Waals surface area contributed by atoms with Crippen LogP contribution in [0.3, 0.4) is 0 Å². The summed E-state index contributed by atoms with van der Waals surface area (Å²) in [6, 6.07) is 20.3. The third-order valence-electron chi connectivity index (χ3n) is 8.24. The van der Waals surface area contributed by atoms with Gasteiger partial charge in [0.2, 0.25) is 0 Å². The molecule has 2 amide bonds. The minimum atomic E-state index is -0.400. The molecule has 1 saturated heterocycles. The second-order valence-electron chi connectivity index (χ2n) is 11.7. The first-order chi connectivity index (χ1) is 20.2. The third-order valence-corrected chi connectivity index (χ3v) is 8.75. The summed E-state index contributed by atoms with van der Waals surface area (Å²) in [5, 5.41) is 1.28. The summed E-state index contributed by atoms with van der Waals surface area (Å²) >= 11 is 12.6. The smallest absolute Gasteiger partial charge is 0.326 e. The summed E-state index contributed by atoms with van der Waals surface area (Å²) in [6.45, 7) is 9.91. The van der Waals surface area contributed by atoms with Gasteiger partial charge in [-0.05, 0) is 86.1 Å². The number of rotatable bonds is 7. The van der Waals surface area contributed by atoms with Crippen LogP contribution < -0.4 is 9.47 Å². The second-order valence-corrected chi connectivity index (χ2v) is 12.6. The van der Waals surface area contributed by atoms with E-state index in [0.29, 0.717) is 52.3 Å². The van der Waals surface area contributed by atoms with E-state index in [1.165, 1.54) is 0 Å². The predicted octanol–water partition coefficient (Wildman–Crippen LogP) is 8.82. The molecule has 1 fully saturated rings. The summed E-state index contributed by atoms with van der Waals surface area (Å²) in [5.41, 5.74) is 2.65. The van der Waals surface area contributed by atoms with Gasteiger partial charge in [0, 0.05) is 29.2 Å². The predicted molar refractivity (Wildman–Crippen MR) is 170 cm³/mol. The lowest BCUT2D eigenvalue weighted by Crippen LogP contribution is -2.49. The first-order valence-electron chi connectivity index (χ1n) is 14.7. The van der Waals surface area contributed by atoms with E-state index >= 15 is 0 Å². The molecule has 5 rings (SSSR count). The van der Waals surface area contributed by atoms with Crippen LogP contribution in [0.2, 0.25) is 10.0 Å². The van der Waals surface area contributed by atoms with Gasteiger partial charge in [-0.25, -0.2) is 4.79 Å². The van der Waals surface area contributed by atoms with Gasteiger partial charge in [-0.3, -0.25) is 9.89 Å². The van der Waals surface area contributed by atoms with Crippen molar-refractivity contribution in [3.05, 3.63) is 93.5 Å². The fourth-order valence-corrected chi connectivity index (χ4v) is 6.18. The van der Waals surface area contributed by atoms with E-state index in [9.17, 15) is 4.79 Å². The van der Waals surface area contributed by atoms with Gasteiger partial charge in [0.15, 0.2) is 0 Å². The maximum atomic E-state index is 14.7. The zero-order valence-corrected chi connectivity index (χ0v) is 26.4. The van der Waals surface area contributed by atoms with Crippen LogP contribution in [-0.4, -0.2) is 48.0 Å². The van der Waals surface area contributed by atoms with Crippen LogP contribution >= 0.6 is 23.2 Å². The highest BCUT2D eigenvalue weighted by Gasteiger charge is 2.45. The lowest BCUT2D eigenvalue weighted by atomic mass is 9.87. The standard InChI is InChI=1S/C34H39Cl2N3O3/c1-21(2)23-16-18-38(19-17-23)34(40)39-32(25-8-12-27(36)13-9-25)31(24-6-10-26(35)11-7-24)37-33(39)29-15-14-28(41-5)20-30(29)42-22(3)4/h6-15,20-23,31-32H,16-19H2,1-5H3. The van der Waals surface area contributed by atoms with Gasteiger partial charge >= 0.3 is 6.03 Å². The number of benzene rings is 3. The Balaban J connectivity index is 1.66. The molecule has 0 aliphatic carbocycles. The van der Waals surface area contributed by atoms with E-state index < -0.39 is 6.04 Å². The second kappa shape index (κ2) is 13.0. The fraction of sp³-hybridized carbons (Fsp3) is 0.412. The number of hydrogen-bond acceptors (Lipinski definition) is 4. The summed E-state index contributed by atoms with van der Waals surface area (Å²) < 4.78 is 11.8. The number of aliphatic imine (C=N–C) groups is 1. The number of methoxy groups -OCH3 is 1. The zero-order chi connectivity index (χ0) is 30.0. The van der Waals surface area contributed by atoms with Crippen molar-refractivity contribution in [1.82, 2.24) is 9.80 Å². The van der Waals surface area contributed by atoms with Gasteiger partial charge in [0.05, 0.1) is 24.8 Å². The highest BCUT2D eigenvalue weighted by Crippen LogP contribution is 2.46. The number of ether oxygens (including phenoxy) is 2. The molecule has 0 radical (unpaired) electrons. The Hall–Kier alpha value is -3.22. The summed E-state index contributed by atoms with van der Waals surface area (Å²) in [6.07, 6.45) is 1.89. The lowest BCUT2D eigenvalue weighted by Gasteiger charge is -2.38. The van der Waals surface area contributed by atoms with Gasteiger partial charge in [0.25, 0.3) is 0 Å². The molecule has 2 heterocycles. The van der Waals surface area contributed by atoms with Crippen LogP contribution in [0.5, 0.6) is 11.5 Å². The number of piperidine rings is 1. The van der Waals surface area contributed by atoms with Crippen molar-refractivity contribution in [3.63, 3.8) is 0 Å². The molecule has 0 saturated carbocycles. The summed E-state index contributed by atoms with van der Waals surface area (Å²) in [7, 11) is 1.63. The van der Waals surface area contributed by atoms with Gasteiger partial charge in [-0.1, -0.05) is 61.3 Å². The Morgan fingerprint density at radius 3 is 2.02 bits per heavy atom. The monoisotopic (exact) mass is 607 g/mol. The quantitative estimate of drug-likeness (QED) is 0.269. The molecule has 8 heteroatoms. The summed E-state index contributed by atoms with van der Waals surface area (Å²) in [4.78, 5) is 23.8. The van der Waals surface area contributed by atoms with Gasteiger partial charge in [0.1, 0.15) is 23.4 Å². The molecule has 0 aromatic heterocycles. The minimum absolute atomic E-state index is 0.0568. The SMILES string of the molecule is COc1ccc(C2=NC(c3ccc(Cl)cc3)C(c3ccc(Cl)cc3)N2C(=O)N2CCC(C(C)C)CC2)c(OC(C)C)c1. The number of amidine groups is 1. The molecule has 0 spiro atoms. The van der Waals surface area contributed by atoms with Crippen molar-refractivity contribution in [3.8, 4) is 11.5 Å². The highest BCUT2D eigenvalue weighted by molar-refractivity contribution is 6.30. The molecule has 222 valence electrons. The van der Waals surface area contributed by atoms with Crippen molar-refractivity contribution >= 4 is 35.1 Å². The van der Waals surface area contributed by atoms with Crippen LogP contribution in [0.4, 0.5) is 4.79 Å². The van der Waals surface area contributed by atoms with Crippen LogP contribution in [0.25, 0.3) is 0 Å². The maximum absolute atomic E-state index is 14.7. The number of nitrogens with zero attached hydrogens (tertiary/aromatic N) is 3. The van der Waals surface area contributed by atoms with Crippen LogP contribution in [0, 0.1) is 11.8 Å². The topological polar surface area (TPSA) is 54.4 Å². The maximum Gasteiger partial charge on any atom is 0.326 e. The van der Waals surface area contributed by atoms with Gasteiger partial charge < -0.3 is 14.4 Å². The number of halogens is 2. The highest BCUT2D eigenvalue weighted by atomic mass is 35.5. The van der Waals surface area contributed by atoms with E-state index in [1.54, 1.807) is 7.11 Å². The Bertz CT molecular complexity index is 1410. The molecule has 2 unspecified atom stereocenters. The van der Waals surface area contributed by atoms with E-state index in [-0.39, 0.29) is 18.2 Å². The molecule has 0 N–H and O–H groups in total. The van der Waals surface area contributed by atoms with E-state index in [2.05, 4.69) is 13.8 Å². The summed E-state index contributed by atoms with van der Waals surface area (Å²) in [5.74, 6) is 3.07. The lowest BCUT2D eigenvalue weighted by molar-refractivity contribution is 0.132. The zero-order valence-electron chi connectivity index (χ0n) is 24.9. The molecule has 42 heavy (non-hydrogen) atoms. The molecule has 2 aliphatic rings. The number of amides is 2. The van der Waals surface area contributed by atoms with Gasteiger partial charge in [-0.15, -0.1) is 0 Å². The van der Waals surface area contributed by atoms with Crippen LogP contribution in [-0.2, 0) is 0 Å². The van der Waals surface area contributed by atoms with Crippen molar-refractivity contribution in [2.45, 2.75) is 58.7 Å². The fourth-order valence-electron chi connectivity index (χ4n) is 5.93. The molecule has 3 aromatic carbocycles. The van der Waals surface area contributed by atoms with Gasteiger partial charge in [-0.2, -0.15) is 0 Å². The minimum Gasteiger partial charge on any atom is -0.497 e. The average Bonchev–Trinajstić information content (AvgIpc) is 3.37. The van der Waals surface area contributed by atoms with Crippen molar-refractivity contribution < 1.29 is 14.3 Å². The van der Waals surface area contributed by atoms with E-state index in [1.807, 2.05) is 90.4 Å². The molecule has 3 aromatic rings. The number of carbonyl (C=O) groups is 1. The largest absolute Gasteiger partial charge is 0.497 e. The van der Waals surface area contributed by atoms with Crippen molar-refractivity contribution in [2.75, 3.05) is 20.2 Å². The Morgan fingerprint density at radius 2 is 1.48 bits per heavy atom. The normalized spacial score (nSPS) is 19.4. The Labute approximate surface area is 259 Å².